The van der Waals surface area contributed by atoms with E-state index >= 15 is 0 Å². The Balaban J connectivity index is 1.72. The number of methoxy groups -OCH3 is 1. The Labute approximate surface area is 135 Å². The lowest BCUT2D eigenvalue weighted by molar-refractivity contribution is -0.132. The van der Waals surface area contributed by atoms with Gasteiger partial charge in [0.05, 0.1) is 12.6 Å². The van der Waals surface area contributed by atoms with Crippen LogP contribution in [0.4, 0.5) is 0 Å². The zero-order valence-corrected chi connectivity index (χ0v) is 13.6. The van der Waals surface area contributed by atoms with E-state index in [4.69, 9.17) is 14.2 Å². The first kappa shape index (κ1) is 14.6. The molecule has 1 amide bonds. The zero-order valence-electron chi connectivity index (χ0n) is 13.6. The minimum atomic E-state index is -0.389. The van der Waals surface area contributed by atoms with Crippen LogP contribution in [0.2, 0.25) is 0 Å². The molecule has 1 saturated carbocycles. The molecule has 1 unspecified atom stereocenters. The highest BCUT2D eigenvalue weighted by Gasteiger charge is 2.51. The van der Waals surface area contributed by atoms with E-state index in [2.05, 4.69) is 5.32 Å². The first-order valence-corrected chi connectivity index (χ1v) is 8.17. The Morgan fingerprint density at radius 2 is 2.00 bits per heavy atom. The Hall–Kier alpha value is -1.95. The predicted octanol–water partition coefficient (Wildman–Crippen LogP) is 1.84. The Morgan fingerprint density at radius 1 is 1.26 bits per heavy atom. The fourth-order valence-electron chi connectivity index (χ4n) is 3.97. The van der Waals surface area contributed by atoms with Gasteiger partial charge in [-0.1, -0.05) is 12.8 Å². The van der Waals surface area contributed by atoms with Gasteiger partial charge in [-0.05, 0) is 30.5 Å². The van der Waals surface area contributed by atoms with Crippen LogP contribution in [0.1, 0.15) is 37.4 Å². The molecule has 1 saturated heterocycles. The van der Waals surface area contributed by atoms with Crippen LogP contribution in [0.3, 0.4) is 0 Å². The molecule has 124 valence electrons. The lowest BCUT2D eigenvalue weighted by atomic mass is 9.98. The van der Waals surface area contributed by atoms with Gasteiger partial charge in [-0.2, -0.15) is 0 Å². The minimum Gasteiger partial charge on any atom is -0.493 e. The molecule has 0 bridgehead atoms. The van der Waals surface area contributed by atoms with E-state index in [9.17, 15) is 4.79 Å². The summed E-state index contributed by atoms with van der Waals surface area (Å²) in [6, 6.07) is 3.88. The highest BCUT2D eigenvalue weighted by molar-refractivity contribution is 5.89. The molecule has 0 aromatic heterocycles. The van der Waals surface area contributed by atoms with Crippen LogP contribution < -0.4 is 19.5 Å². The van der Waals surface area contributed by atoms with Crippen LogP contribution >= 0.6 is 0 Å². The van der Waals surface area contributed by atoms with Gasteiger partial charge >= 0.3 is 0 Å². The van der Waals surface area contributed by atoms with Crippen LogP contribution in [0.5, 0.6) is 17.2 Å². The summed E-state index contributed by atoms with van der Waals surface area (Å²) in [5.74, 6) is 2.16. The smallest absolute Gasteiger partial charge is 0.244 e. The summed E-state index contributed by atoms with van der Waals surface area (Å²) in [5, 5.41) is 3.56. The van der Waals surface area contributed by atoms with Crippen molar-refractivity contribution >= 4 is 5.91 Å². The van der Waals surface area contributed by atoms with E-state index in [1.165, 1.54) is 0 Å². The van der Waals surface area contributed by atoms with E-state index in [-0.39, 0.29) is 17.6 Å². The minimum absolute atomic E-state index is 0.162. The summed E-state index contributed by atoms with van der Waals surface area (Å²) >= 11 is 0. The number of carbonyl (C=O) groups is 1. The van der Waals surface area contributed by atoms with Gasteiger partial charge in [0.1, 0.15) is 19.4 Å². The normalized spacial score (nSPS) is 25.2. The highest BCUT2D eigenvalue weighted by Crippen LogP contribution is 2.45. The molecule has 4 rings (SSSR count). The third-order valence-electron chi connectivity index (χ3n) is 5.15. The highest BCUT2D eigenvalue weighted by atomic mass is 16.6. The predicted molar refractivity (Wildman–Crippen MR) is 83.8 cm³/mol. The number of carbonyl (C=O) groups excluding carboxylic acids is 1. The molecule has 2 fully saturated rings. The number of likely N-dealkylation sites (N-methyl/N-ethyl adjacent to an activating group) is 1. The molecule has 23 heavy (non-hydrogen) atoms. The number of hydrogen-bond acceptors (Lipinski definition) is 5. The fourth-order valence-corrected chi connectivity index (χ4v) is 3.97. The summed E-state index contributed by atoms with van der Waals surface area (Å²) in [4.78, 5) is 14.5. The van der Waals surface area contributed by atoms with Crippen molar-refractivity contribution < 1.29 is 19.0 Å². The maximum absolute atomic E-state index is 12.7. The maximum Gasteiger partial charge on any atom is 0.244 e. The Morgan fingerprint density at radius 3 is 2.74 bits per heavy atom. The van der Waals surface area contributed by atoms with E-state index < -0.39 is 0 Å². The molecule has 1 aromatic carbocycles. The van der Waals surface area contributed by atoms with Gasteiger partial charge in [0.15, 0.2) is 11.5 Å². The number of rotatable bonds is 2. The van der Waals surface area contributed by atoms with Gasteiger partial charge in [0, 0.05) is 7.05 Å². The van der Waals surface area contributed by atoms with Crippen molar-refractivity contribution in [2.75, 3.05) is 27.4 Å². The molecule has 1 aliphatic carbocycles. The summed E-state index contributed by atoms with van der Waals surface area (Å²) in [5.41, 5.74) is 0.575. The number of nitrogens with one attached hydrogen (secondary N) is 1. The first-order chi connectivity index (χ1) is 11.1. The molecular formula is C17H22N2O4. The monoisotopic (exact) mass is 318 g/mol. The maximum atomic E-state index is 12.7. The Kier molecular flexibility index (Phi) is 3.37. The summed E-state index contributed by atoms with van der Waals surface area (Å²) in [6.07, 6.45) is 3.86. The number of hydrogen-bond donors (Lipinski definition) is 1. The number of nitrogens with zero attached hydrogens (tertiary/aromatic N) is 1. The molecular weight excluding hydrogens is 296 g/mol. The van der Waals surface area contributed by atoms with Gasteiger partial charge in [-0.25, -0.2) is 0 Å². The largest absolute Gasteiger partial charge is 0.493 e. The second-order valence-electron chi connectivity index (χ2n) is 6.50. The standard InChI is InChI=1S/C17H22N2O4/c1-19-15(18-17(16(19)20)5-3-4-6-17)11-9-12(21-2)14-13(10-11)22-7-8-23-14/h9-10,15,18H,3-8H2,1-2H3. The summed E-state index contributed by atoms with van der Waals surface area (Å²) in [6.45, 7) is 1.04. The SMILES string of the molecule is COc1cc(C2NC3(CCCC3)C(=O)N2C)cc2c1OCCO2. The molecule has 0 radical (unpaired) electrons. The number of amides is 1. The van der Waals surface area contributed by atoms with Gasteiger partial charge < -0.3 is 19.1 Å². The van der Waals surface area contributed by atoms with Crippen molar-refractivity contribution in [1.29, 1.82) is 0 Å². The van der Waals surface area contributed by atoms with Crippen molar-refractivity contribution in [2.24, 2.45) is 0 Å². The average Bonchev–Trinajstić information content (AvgIpc) is 3.15. The van der Waals surface area contributed by atoms with Crippen molar-refractivity contribution in [3.63, 3.8) is 0 Å². The topological polar surface area (TPSA) is 60.0 Å². The van der Waals surface area contributed by atoms with Crippen molar-refractivity contribution in [1.82, 2.24) is 10.2 Å². The molecule has 2 aliphatic heterocycles. The van der Waals surface area contributed by atoms with Crippen LogP contribution in [0.15, 0.2) is 12.1 Å². The summed E-state index contributed by atoms with van der Waals surface area (Å²) < 4.78 is 16.8. The Bertz CT molecular complexity index is 622. The van der Waals surface area contributed by atoms with E-state index in [0.29, 0.717) is 30.5 Å². The number of benzene rings is 1. The van der Waals surface area contributed by atoms with Gasteiger partial charge in [-0.15, -0.1) is 0 Å². The van der Waals surface area contributed by atoms with Crippen molar-refractivity contribution in [3.8, 4) is 17.2 Å². The molecule has 1 spiro atoms. The zero-order chi connectivity index (χ0) is 16.0. The molecule has 1 atom stereocenters. The second-order valence-corrected chi connectivity index (χ2v) is 6.50. The lowest BCUT2D eigenvalue weighted by Gasteiger charge is -2.25. The quantitative estimate of drug-likeness (QED) is 0.901. The van der Waals surface area contributed by atoms with Crippen LogP contribution in [-0.4, -0.2) is 43.7 Å². The molecule has 2 heterocycles. The van der Waals surface area contributed by atoms with Crippen LogP contribution in [-0.2, 0) is 4.79 Å². The van der Waals surface area contributed by atoms with Crippen molar-refractivity contribution in [2.45, 2.75) is 37.4 Å². The van der Waals surface area contributed by atoms with E-state index in [0.717, 1.165) is 31.2 Å². The molecule has 1 aromatic rings. The third kappa shape index (κ3) is 2.16. The molecule has 1 N–H and O–H groups in total. The van der Waals surface area contributed by atoms with Gasteiger partial charge in [-0.3, -0.25) is 10.1 Å². The second kappa shape index (κ2) is 5.30. The molecule has 3 aliphatic rings. The summed E-state index contributed by atoms with van der Waals surface area (Å²) in [7, 11) is 3.48. The molecule has 6 heteroatoms. The average molecular weight is 318 g/mol. The van der Waals surface area contributed by atoms with Gasteiger partial charge in [0.2, 0.25) is 11.7 Å². The van der Waals surface area contributed by atoms with Crippen molar-refractivity contribution in [3.05, 3.63) is 17.7 Å². The van der Waals surface area contributed by atoms with Gasteiger partial charge in [0.25, 0.3) is 0 Å². The lowest BCUT2D eigenvalue weighted by Crippen LogP contribution is -2.43. The number of fused-ring (bicyclic) bond motifs is 1. The third-order valence-corrected chi connectivity index (χ3v) is 5.15. The van der Waals surface area contributed by atoms with E-state index in [1.807, 2.05) is 19.2 Å². The van der Waals surface area contributed by atoms with Crippen LogP contribution in [0.25, 0.3) is 0 Å². The van der Waals surface area contributed by atoms with E-state index in [1.54, 1.807) is 12.0 Å². The van der Waals surface area contributed by atoms with Crippen LogP contribution in [0, 0.1) is 0 Å². The first-order valence-electron chi connectivity index (χ1n) is 8.17. The fraction of sp³-hybridized carbons (Fsp3) is 0.588. The molecule has 6 nitrogen and oxygen atoms in total. The number of ether oxygens (including phenoxy) is 3.